The van der Waals surface area contributed by atoms with E-state index in [-0.39, 0.29) is 14.8 Å². The fourth-order valence-electron chi connectivity index (χ4n) is 1.57. The maximum atomic E-state index is 13.2. The predicted molar refractivity (Wildman–Crippen MR) is 80.9 cm³/mol. The maximum Gasteiger partial charge on any atom is 0.346 e. The van der Waals surface area contributed by atoms with Crippen LogP contribution in [0.25, 0.3) is 0 Å². The van der Waals surface area contributed by atoms with Crippen molar-refractivity contribution in [3.05, 3.63) is 45.0 Å². The lowest BCUT2D eigenvalue weighted by molar-refractivity contribution is 0.0701. The highest BCUT2D eigenvalue weighted by Crippen LogP contribution is 2.30. The first kappa shape index (κ1) is 15.9. The van der Waals surface area contributed by atoms with E-state index in [1.165, 1.54) is 25.1 Å². The number of halogens is 2. The number of carbonyl (C=O) groups is 1. The lowest BCUT2D eigenvalue weighted by Gasteiger charge is -2.08. The molecule has 1 heterocycles. The molecule has 0 fully saturated rings. The molecule has 0 saturated heterocycles. The van der Waals surface area contributed by atoms with Crippen LogP contribution < -0.4 is 4.72 Å². The number of aryl methyl sites for hydroxylation is 1. The molecule has 2 rings (SSSR count). The van der Waals surface area contributed by atoms with Crippen molar-refractivity contribution in [3.8, 4) is 0 Å². The molecule has 21 heavy (non-hydrogen) atoms. The second-order valence-electron chi connectivity index (χ2n) is 4.11. The zero-order valence-corrected chi connectivity index (χ0v) is 13.8. The number of sulfonamides is 1. The summed E-state index contributed by atoms with van der Waals surface area (Å²) in [4.78, 5) is 10.9. The number of benzene rings is 1. The van der Waals surface area contributed by atoms with Gasteiger partial charge in [0.2, 0.25) is 0 Å². The van der Waals surface area contributed by atoms with Gasteiger partial charge < -0.3 is 5.11 Å². The van der Waals surface area contributed by atoms with Gasteiger partial charge in [0.05, 0.1) is 5.69 Å². The van der Waals surface area contributed by atoms with Crippen molar-refractivity contribution in [1.82, 2.24) is 0 Å². The lowest BCUT2D eigenvalue weighted by Crippen LogP contribution is -2.12. The molecule has 0 unspecified atom stereocenters. The third-order valence-corrected chi connectivity index (χ3v) is 6.28. The van der Waals surface area contributed by atoms with Crippen LogP contribution in [0.15, 0.2) is 32.9 Å². The van der Waals surface area contributed by atoms with Crippen LogP contribution in [0.5, 0.6) is 0 Å². The number of carboxylic acid groups (broad SMARTS) is 1. The molecule has 1 aromatic carbocycles. The van der Waals surface area contributed by atoms with Crippen molar-refractivity contribution in [1.29, 1.82) is 0 Å². The number of carboxylic acids is 1. The standard InChI is InChI=1S/C12H9BrFNO4S2/c1-6-4-10(20-11(6)12(16)17)21(18,19)15-9-5-7(14)2-3-8(9)13/h2-5,15H,1H3,(H,16,17). The molecule has 112 valence electrons. The number of thiophene rings is 1. The van der Waals surface area contributed by atoms with E-state index >= 15 is 0 Å². The molecule has 0 aliphatic carbocycles. The van der Waals surface area contributed by atoms with E-state index in [1.54, 1.807) is 0 Å². The Morgan fingerprint density at radius 2 is 2.05 bits per heavy atom. The molecule has 0 spiro atoms. The summed E-state index contributed by atoms with van der Waals surface area (Å²) in [7, 11) is -3.98. The number of rotatable bonds is 4. The quantitative estimate of drug-likeness (QED) is 0.832. The average Bonchev–Trinajstić information content (AvgIpc) is 2.77. The highest BCUT2D eigenvalue weighted by atomic mass is 79.9. The third-order valence-electron chi connectivity index (χ3n) is 2.53. The fraction of sp³-hybridized carbons (Fsp3) is 0.0833. The summed E-state index contributed by atoms with van der Waals surface area (Å²) in [5.74, 6) is -1.78. The van der Waals surface area contributed by atoms with E-state index in [4.69, 9.17) is 5.11 Å². The van der Waals surface area contributed by atoms with Crippen LogP contribution in [-0.2, 0) is 10.0 Å². The van der Waals surface area contributed by atoms with E-state index in [0.29, 0.717) is 21.4 Å². The molecule has 0 saturated carbocycles. The Hall–Kier alpha value is -1.45. The summed E-state index contributed by atoms with van der Waals surface area (Å²) in [5.41, 5.74) is 0.393. The van der Waals surface area contributed by atoms with Crippen LogP contribution in [-0.4, -0.2) is 19.5 Å². The summed E-state index contributed by atoms with van der Waals surface area (Å²) in [6, 6.07) is 4.85. The Morgan fingerprint density at radius 1 is 1.38 bits per heavy atom. The van der Waals surface area contributed by atoms with E-state index in [9.17, 15) is 17.6 Å². The first-order valence-electron chi connectivity index (χ1n) is 5.52. The van der Waals surface area contributed by atoms with Crippen LogP contribution in [0.2, 0.25) is 0 Å². The Kier molecular flexibility index (Phi) is 4.35. The van der Waals surface area contributed by atoms with Gasteiger partial charge in [-0.1, -0.05) is 0 Å². The molecular formula is C12H9BrFNO4S2. The van der Waals surface area contributed by atoms with Gasteiger partial charge in [0, 0.05) is 4.47 Å². The number of hydrogen-bond acceptors (Lipinski definition) is 4. The summed E-state index contributed by atoms with van der Waals surface area (Å²) < 4.78 is 40.1. The van der Waals surface area contributed by atoms with Gasteiger partial charge in [-0.2, -0.15) is 0 Å². The minimum Gasteiger partial charge on any atom is -0.477 e. The molecule has 9 heteroatoms. The second-order valence-corrected chi connectivity index (χ2v) is 7.93. The lowest BCUT2D eigenvalue weighted by atomic mass is 10.3. The van der Waals surface area contributed by atoms with E-state index in [2.05, 4.69) is 20.7 Å². The van der Waals surface area contributed by atoms with E-state index < -0.39 is 21.8 Å². The summed E-state index contributed by atoms with van der Waals surface area (Å²) >= 11 is 3.76. The van der Waals surface area contributed by atoms with Gasteiger partial charge in [0.1, 0.15) is 14.9 Å². The van der Waals surface area contributed by atoms with Crippen molar-refractivity contribution >= 4 is 48.9 Å². The molecule has 1 aromatic heterocycles. The maximum absolute atomic E-state index is 13.2. The highest BCUT2D eigenvalue weighted by Gasteiger charge is 2.22. The Labute approximate surface area is 132 Å². The van der Waals surface area contributed by atoms with E-state index in [1.807, 2.05) is 0 Å². The molecule has 0 bridgehead atoms. The van der Waals surface area contributed by atoms with Gasteiger partial charge in [0.15, 0.2) is 0 Å². The van der Waals surface area contributed by atoms with Gasteiger partial charge in [-0.15, -0.1) is 11.3 Å². The van der Waals surface area contributed by atoms with Crippen molar-refractivity contribution < 1.29 is 22.7 Å². The average molecular weight is 394 g/mol. The normalized spacial score (nSPS) is 11.4. The number of nitrogens with one attached hydrogen (secondary N) is 1. The fourth-order valence-corrected chi connectivity index (χ4v) is 4.49. The Bertz CT molecular complexity index is 817. The molecule has 0 amide bonds. The summed E-state index contributed by atoms with van der Waals surface area (Å²) in [6.45, 7) is 1.51. The van der Waals surface area contributed by atoms with Crippen molar-refractivity contribution in [2.75, 3.05) is 4.72 Å². The number of hydrogen-bond donors (Lipinski definition) is 2. The largest absolute Gasteiger partial charge is 0.477 e. The molecule has 0 radical (unpaired) electrons. The smallest absolute Gasteiger partial charge is 0.346 e. The summed E-state index contributed by atoms with van der Waals surface area (Å²) in [6.07, 6.45) is 0. The summed E-state index contributed by atoms with van der Waals surface area (Å²) in [5, 5.41) is 8.95. The molecule has 2 aromatic rings. The van der Waals surface area contributed by atoms with Gasteiger partial charge in [0.25, 0.3) is 10.0 Å². The van der Waals surface area contributed by atoms with Crippen molar-refractivity contribution in [2.45, 2.75) is 11.1 Å². The zero-order chi connectivity index (χ0) is 15.8. The minimum absolute atomic E-state index is 0.0397. The SMILES string of the molecule is Cc1cc(S(=O)(=O)Nc2cc(F)ccc2Br)sc1C(=O)O. The first-order valence-corrected chi connectivity index (χ1v) is 8.61. The predicted octanol–water partition coefficient (Wildman–Crippen LogP) is 3.46. The first-order chi connectivity index (χ1) is 9.70. The van der Waals surface area contributed by atoms with Crippen LogP contribution in [0.3, 0.4) is 0 Å². The molecule has 0 aliphatic heterocycles. The number of aromatic carboxylic acids is 1. The van der Waals surface area contributed by atoms with E-state index in [0.717, 1.165) is 6.07 Å². The third kappa shape index (κ3) is 3.42. The molecule has 0 aliphatic rings. The topological polar surface area (TPSA) is 83.5 Å². The van der Waals surface area contributed by atoms with Crippen molar-refractivity contribution in [3.63, 3.8) is 0 Å². The highest BCUT2D eigenvalue weighted by molar-refractivity contribution is 9.10. The van der Waals surface area contributed by atoms with Crippen LogP contribution in [0, 0.1) is 12.7 Å². The number of anilines is 1. The van der Waals surface area contributed by atoms with Crippen LogP contribution >= 0.6 is 27.3 Å². The monoisotopic (exact) mass is 393 g/mol. The Balaban J connectivity index is 2.41. The molecular weight excluding hydrogens is 385 g/mol. The van der Waals surface area contributed by atoms with Gasteiger partial charge >= 0.3 is 5.97 Å². The second kappa shape index (κ2) is 5.74. The molecule has 2 N–H and O–H groups in total. The minimum atomic E-state index is -3.98. The van der Waals surface area contributed by atoms with Crippen LogP contribution in [0.1, 0.15) is 15.2 Å². The molecule has 5 nitrogen and oxygen atoms in total. The van der Waals surface area contributed by atoms with Gasteiger partial charge in [-0.25, -0.2) is 17.6 Å². The van der Waals surface area contributed by atoms with Gasteiger partial charge in [-0.3, -0.25) is 4.72 Å². The zero-order valence-electron chi connectivity index (χ0n) is 10.6. The van der Waals surface area contributed by atoms with Gasteiger partial charge in [-0.05, 0) is 52.7 Å². The Morgan fingerprint density at radius 3 is 2.62 bits per heavy atom. The van der Waals surface area contributed by atoms with Crippen LogP contribution in [0.4, 0.5) is 10.1 Å². The van der Waals surface area contributed by atoms with Crippen molar-refractivity contribution in [2.24, 2.45) is 0 Å². The molecule has 0 atom stereocenters.